The van der Waals surface area contributed by atoms with E-state index in [9.17, 15) is 9.59 Å². The predicted octanol–water partition coefficient (Wildman–Crippen LogP) is 6.25. The van der Waals surface area contributed by atoms with E-state index in [4.69, 9.17) is 9.47 Å². The Morgan fingerprint density at radius 2 is 0.623 bits per heavy atom. The van der Waals surface area contributed by atoms with Crippen LogP contribution >= 0.6 is 7.26 Å². The molecule has 0 unspecified atom stereocenters. The second-order valence-electron chi connectivity index (χ2n) is 12.9. The van der Waals surface area contributed by atoms with Crippen LogP contribution in [-0.4, -0.2) is 39.0 Å². The first-order valence-corrected chi connectivity index (χ1v) is 19.8. The largest absolute Gasteiger partial charge is 0.465 e. The quantitative estimate of drug-likeness (QED) is 0.101. The summed E-state index contributed by atoms with van der Waals surface area (Å²) >= 11 is 0. The molecule has 0 heterocycles. The topological polar surface area (TPSA) is 52.6 Å². The lowest BCUT2D eigenvalue weighted by atomic mass is 9.13. The highest BCUT2D eigenvalue weighted by Crippen LogP contribution is 2.51. The van der Waals surface area contributed by atoms with Gasteiger partial charge in [-0.2, -0.15) is 21.9 Å². The summed E-state index contributed by atoms with van der Waals surface area (Å²) < 4.78 is 9.61. The average Bonchev–Trinajstić information content (AvgIpc) is 3.25. The van der Waals surface area contributed by atoms with Crippen LogP contribution in [0.2, 0.25) is 0 Å². The van der Waals surface area contributed by atoms with Crippen molar-refractivity contribution >= 4 is 63.1 Å². The van der Waals surface area contributed by atoms with Crippen LogP contribution in [0.3, 0.4) is 0 Å². The molecule has 0 saturated heterocycles. The minimum atomic E-state index is -1.95. The van der Waals surface area contributed by atoms with Crippen LogP contribution in [0.5, 0.6) is 0 Å². The Morgan fingerprint density at radius 1 is 0.377 bits per heavy atom. The second-order valence-corrected chi connectivity index (χ2v) is 16.5. The summed E-state index contributed by atoms with van der Waals surface area (Å²) in [6, 6.07) is 69.0. The fraction of sp³-hybridized carbons (Fsp3) is 0.0638. The Hall–Kier alpha value is -6.03. The summed E-state index contributed by atoms with van der Waals surface area (Å²) in [7, 11) is 0.803. The minimum absolute atomic E-state index is 0.353. The highest BCUT2D eigenvalue weighted by Gasteiger charge is 2.40. The lowest BCUT2D eigenvalue weighted by Crippen LogP contribution is -2.74. The molecular weight excluding hydrogens is 670 g/mol. The van der Waals surface area contributed by atoms with E-state index < -0.39 is 13.4 Å². The fourth-order valence-electron chi connectivity index (χ4n) is 7.32. The van der Waals surface area contributed by atoms with Gasteiger partial charge in [0.25, 0.3) is 0 Å². The van der Waals surface area contributed by atoms with E-state index in [0.29, 0.717) is 11.1 Å². The molecule has 7 aromatic rings. The van der Waals surface area contributed by atoms with Crippen molar-refractivity contribution < 1.29 is 19.1 Å². The van der Waals surface area contributed by atoms with Gasteiger partial charge in [0.15, 0.2) is 0 Å². The van der Waals surface area contributed by atoms with E-state index in [1.165, 1.54) is 41.4 Å². The van der Waals surface area contributed by atoms with E-state index in [0.717, 1.165) is 10.6 Å². The zero-order valence-electron chi connectivity index (χ0n) is 30.2. The molecule has 0 spiro atoms. The van der Waals surface area contributed by atoms with Crippen LogP contribution in [-0.2, 0) is 9.47 Å². The monoisotopic (exact) mass is 712 g/mol. The number of ether oxygens (including phenoxy) is 2. The van der Waals surface area contributed by atoms with Gasteiger partial charge in [0.05, 0.1) is 32.0 Å². The second kappa shape index (κ2) is 17.0. The zero-order valence-corrected chi connectivity index (χ0v) is 31.1. The number of rotatable bonds is 9. The summed E-state index contributed by atoms with van der Waals surface area (Å²) in [6.45, 7) is 2.24. The van der Waals surface area contributed by atoms with Gasteiger partial charge in [-0.3, -0.25) is 0 Å². The maximum absolute atomic E-state index is 11.8. The molecule has 0 bridgehead atoms. The van der Waals surface area contributed by atoms with Crippen molar-refractivity contribution in [3.63, 3.8) is 0 Å². The first-order chi connectivity index (χ1) is 25.9. The van der Waals surface area contributed by atoms with Crippen LogP contribution in [0.15, 0.2) is 200 Å². The lowest BCUT2D eigenvalue weighted by Gasteiger charge is -2.44. The maximum Gasteiger partial charge on any atom is 0.337 e. The smallest absolute Gasteiger partial charge is 0.337 e. The normalized spacial score (nSPS) is 11.1. The van der Waals surface area contributed by atoms with Crippen molar-refractivity contribution in [2.75, 3.05) is 20.9 Å². The molecule has 7 rings (SSSR count). The van der Waals surface area contributed by atoms with E-state index in [-0.39, 0.29) is 11.9 Å². The molecule has 0 aromatic heterocycles. The van der Waals surface area contributed by atoms with Crippen LogP contribution in [0.1, 0.15) is 20.7 Å². The van der Waals surface area contributed by atoms with E-state index >= 15 is 0 Å². The maximum atomic E-state index is 11.8. The van der Waals surface area contributed by atoms with Gasteiger partial charge in [-0.25, -0.2) is 9.59 Å². The van der Waals surface area contributed by atoms with Crippen LogP contribution < -0.4 is 37.8 Å². The molecule has 0 atom stereocenters. The van der Waals surface area contributed by atoms with Gasteiger partial charge in [-0.15, -0.1) is 0 Å². The Labute approximate surface area is 313 Å². The first kappa shape index (κ1) is 36.8. The third-order valence-corrected chi connectivity index (χ3v) is 14.1. The van der Waals surface area contributed by atoms with Gasteiger partial charge in [0.1, 0.15) is 29.3 Å². The molecule has 0 aliphatic rings. The molecule has 0 radical (unpaired) electrons. The summed E-state index contributed by atoms with van der Waals surface area (Å²) in [6.07, 6.45) is -1.22. The van der Waals surface area contributed by atoms with Crippen LogP contribution in [0.25, 0.3) is 0 Å². The Kier molecular flexibility index (Phi) is 11.8. The highest BCUT2D eigenvalue weighted by atomic mass is 31.2. The van der Waals surface area contributed by atoms with Crippen molar-refractivity contribution in [3.8, 4) is 0 Å². The van der Waals surface area contributed by atoms with Crippen molar-refractivity contribution in [3.05, 3.63) is 211 Å². The molecule has 0 N–H and O–H groups in total. The van der Waals surface area contributed by atoms with Crippen molar-refractivity contribution in [1.29, 1.82) is 0 Å². The number of hydrogen-bond donors (Lipinski definition) is 0. The molecular formula is C47H42BO4P. The molecule has 4 nitrogen and oxygen atoms in total. The van der Waals surface area contributed by atoms with E-state index in [2.05, 4.69) is 140 Å². The van der Waals surface area contributed by atoms with Gasteiger partial charge in [-0.05, 0) is 60.7 Å². The predicted molar refractivity (Wildman–Crippen MR) is 224 cm³/mol. The van der Waals surface area contributed by atoms with Crippen LogP contribution in [0, 0.1) is 0 Å². The summed E-state index contributed by atoms with van der Waals surface area (Å²) in [5.41, 5.74) is 6.40. The first-order valence-electron chi connectivity index (χ1n) is 17.6. The zero-order chi connectivity index (χ0) is 37.1. The number of hydrogen-bond acceptors (Lipinski definition) is 4. The molecule has 0 amide bonds. The van der Waals surface area contributed by atoms with Crippen LogP contribution in [0.4, 0.5) is 0 Å². The van der Waals surface area contributed by atoms with Gasteiger partial charge in [-0.1, -0.05) is 140 Å². The third kappa shape index (κ3) is 7.63. The molecule has 0 aliphatic heterocycles. The molecule has 262 valence electrons. The van der Waals surface area contributed by atoms with Gasteiger partial charge in [0.2, 0.25) is 0 Å². The number of carbonyl (C=O) groups is 2. The molecule has 53 heavy (non-hydrogen) atoms. The fourth-order valence-corrected chi connectivity index (χ4v) is 10.5. The minimum Gasteiger partial charge on any atom is -0.465 e. The molecule has 0 saturated carbocycles. The molecule has 0 fully saturated rings. The van der Waals surface area contributed by atoms with Gasteiger partial charge in [0, 0.05) is 0 Å². The van der Waals surface area contributed by atoms with Gasteiger partial charge >= 0.3 is 11.9 Å². The number of carbonyl (C=O) groups excluding carboxylic acids is 2. The van der Waals surface area contributed by atoms with Crippen molar-refractivity contribution in [2.24, 2.45) is 0 Å². The highest BCUT2D eigenvalue weighted by molar-refractivity contribution is 7.95. The van der Waals surface area contributed by atoms with Crippen molar-refractivity contribution in [2.45, 2.75) is 0 Å². The summed E-state index contributed by atoms with van der Waals surface area (Å²) in [5, 5.41) is 3.49. The number of benzene rings is 7. The van der Waals surface area contributed by atoms with Gasteiger partial charge < -0.3 is 9.47 Å². The third-order valence-electron chi connectivity index (χ3n) is 10.1. The number of methoxy groups -OCH3 is 2. The van der Waals surface area contributed by atoms with Crippen molar-refractivity contribution in [1.82, 2.24) is 0 Å². The standard InChI is InChI=1S/C24H20B.C23H22O4P/c1-5-13-21(14-6-1)25(22-15-7-2-8-16-22,23-17-9-3-10-18-23)24-19-11-4-12-20-24;1-26-22(24)17-9-13-20(14-10-17)28(3,19-7-5-4-6-8-19)21-15-11-18(12-16-21)23(25)27-2/h1-20H;4-16H,1-3H3/q-1;+1. The summed E-state index contributed by atoms with van der Waals surface area (Å²) in [5.74, 6) is -0.706. The SMILES string of the molecule is COC(=O)c1ccc([P+](C)(c2ccccc2)c2ccc(C(=O)OC)cc2)cc1.c1ccc([B-](c2ccccc2)(c2ccccc2)c2ccccc2)cc1. The Morgan fingerprint density at radius 3 is 0.887 bits per heavy atom. The summed E-state index contributed by atoms with van der Waals surface area (Å²) in [4.78, 5) is 23.6. The number of esters is 2. The Bertz CT molecular complexity index is 1990. The molecule has 6 heteroatoms. The molecule has 7 aromatic carbocycles. The van der Waals surface area contributed by atoms with E-state index in [1.807, 2.05) is 42.5 Å². The molecule has 0 aliphatic carbocycles. The Balaban J connectivity index is 0.000000182. The van der Waals surface area contributed by atoms with E-state index in [1.54, 1.807) is 24.3 Å². The average molecular weight is 713 g/mol. The lowest BCUT2D eigenvalue weighted by molar-refractivity contribution is 0.0592.